The molecular weight excluding hydrogens is 328 g/mol. The third kappa shape index (κ3) is 4.02. The van der Waals surface area contributed by atoms with E-state index in [-0.39, 0.29) is 5.91 Å². The van der Waals surface area contributed by atoms with Crippen LogP contribution in [0.15, 0.2) is 55.0 Å². The highest BCUT2D eigenvalue weighted by Gasteiger charge is 2.05. The molecule has 7 nitrogen and oxygen atoms in total. The second-order valence-corrected chi connectivity index (χ2v) is 5.27. The Kier molecular flexibility index (Phi) is 4.93. The van der Waals surface area contributed by atoms with Crippen LogP contribution < -0.4 is 5.32 Å². The number of pyridine rings is 1. The number of carbonyl (C=O) groups excluding carboxylic acids is 1. The minimum absolute atomic E-state index is 0.233. The fourth-order valence-electron chi connectivity index (χ4n) is 2.04. The van der Waals surface area contributed by atoms with Gasteiger partial charge in [-0.25, -0.2) is 0 Å². The molecule has 0 bridgehead atoms. The topological polar surface area (TPSA) is 85.6 Å². The van der Waals surface area contributed by atoms with Gasteiger partial charge in [0.25, 0.3) is 0 Å². The molecule has 24 heavy (non-hydrogen) atoms. The number of benzene rings is 1. The van der Waals surface area contributed by atoms with E-state index in [1.807, 2.05) is 18.2 Å². The monoisotopic (exact) mass is 340 g/mol. The molecule has 8 heteroatoms. The van der Waals surface area contributed by atoms with Gasteiger partial charge in [-0.2, -0.15) is 4.68 Å². The van der Waals surface area contributed by atoms with Crippen molar-refractivity contribution in [2.24, 2.45) is 0 Å². The molecule has 1 amide bonds. The summed E-state index contributed by atoms with van der Waals surface area (Å²) in [7, 11) is 0. The Bertz CT molecular complexity index is 848. The molecule has 0 radical (unpaired) electrons. The number of nitrogens with zero attached hydrogens (tertiary/aromatic N) is 5. The van der Waals surface area contributed by atoms with E-state index in [2.05, 4.69) is 25.8 Å². The number of hydrogen-bond donors (Lipinski definition) is 1. The number of carbonyl (C=O) groups is 1. The van der Waals surface area contributed by atoms with Crippen LogP contribution in [0.3, 0.4) is 0 Å². The van der Waals surface area contributed by atoms with Crippen LogP contribution in [0.5, 0.6) is 0 Å². The molecule has 0 spiro atoms. The van der Waals surface area contributed by atoms with E-state index in [1.54, 1.807) is 30.5 Å². The van der Waals surface area contributed by atoms with Gasteiger partial charge in [-0.15, -0.1) is 5.10 Å². The molecule has 0 aliphatic heterocycles. The smallest absolute Gasteiger partial charge is 0.244 e. The zero-order chi connectivity index (χ0) is 16.8. The van der Waals surface area contributed by atoms with E-state index in [1.165, 1.54) is 17.1 Å². The Labute approximate surface area is 143 Å². The maximum atomic E-state index is 12.0. The van der Waals surface area contributed by atoms with Crippen molar-refractivity contribution >= 4 is 23.6 Å². The van der Waals surface area contributed by atoms with Crippen molar-refractivity contribution in [2.45, 2.75) is 6.54 Å². The van der Waals surface area contributed by atoms with Crippen LogP contribution in [0, 0.1) is 0 Å². The third-order valence-corrected chi connectivity index (χ3v) is 3.40. The van der Waals surface area contributed by atoms with E-state index in [0.29, 0.717) is 11.6 Å². The van der Waals surface area contributed by atoms with Crippen LogP contribution in [0.2, 0.25) is 5.02 Å². The molecule has 0 aliphatic carbocycles. The molecule has 1 aromatic carbocycles. The van der Waals surface area contributed by atoms with Gasteiger partial charge in [0.1, 0.15) is 6.33 Å². The van der Waals surface area contributed by atoms with Crippen LogP contribution in [-0.2, 0) is 11.3 Å². The Hall–Kier alpha value is -3.06. The second kappa shape index (κ2) is 7.47. The lowest BCUT2D eigenvalue weighted by atomic mass is 10.1. The quantitative estimate of drug-likeness (QED) is 0.718. The molecule has 0 saturated heterocycles. The van der Waals surface area contributed by atoms with Crippen molar-refractivity contribution in [1.82, 2.24) is 30.5 Å². The average molecular weight is 341 g/mol. The molecule has 3 rings (SSSR count). The minimum Gasteiger partial charge on any atom is -0.347 e. The zero-order valence-electron chi connectivity index (χ0n) is 12.5. The van der Waals surface area contributed by atoms with Crippen molar-refractivity contribution in [3.05, 3.63) is 71.3 Å². The maximum absolute atomic E-state index is 12.0. The lowest BCUT2D eigenvalue weighted by molar-refractivity contribution is -0.116. The fraction of sp³-hybridized carbons (Fsp3) is 0.0625. The van der Waals surface area contributed by atoms with Gasteiger partial charge >= 0.3 is 0 Å². The number of halogens is 1. The van der Waals surface area contributed by atoms with Crippen LogP contribution in [-0.4, -0.2) is 31.1 Å². The number of tetrazole rings is 1. The van der Waals surface area contributed by atoms with E-state index >= 15 is 0 Å². The summed E-state index contributed by atoms with van der Waals surface area (Å²) in [5.74, 6) is -0.233. The van der Waals surface area contributed by atoms with Gasteiger partial charge in [-0.3, -0.25) is 9.78 Å². The number of rotatable bonds is 5. The zero-order valence-corrected chi connectivity index (χ0v) is 13.3. The highest BCUT2D eigenvalue weighted by atomic mass is 35.5. The molecule has 120 valence electrons. The predicted octanol–water partition coefficient (Wildman–Crippen LogP) is 2.04. The number of aromatic nitrogens is 5. The Morgan fingerprint density at radius 2 is 2.21 bits per heavy atom. The summed E-state index contributed by atoms with van der Waals surface area (Å²) in [6, 6.07) is 10.8. The van der Waals surface area contributed by atoms with Crippen molar-refractivity contribution < 1.29 is 4.79 Å². The normalized spacial score (nSPS) is 10.9. The summed E-state index contributed by atoms with van der Waals surface area (Å²) in [5, 5.41) is 14.4. The lowest BCUT2D eigenvalue weighted by Gasteiger charge is -2.05. The summed E-state index contributed by atoms with van der Waals surface area (Å²) >= 11 is 6.03. The molecule has 3 aromatic rings. The molecule has 0 saturated carbocycles. The van der Waals surface area contributed by atoms with Crippen LogP contribution in [0.1, 0.15) is 11.3 Å². The molecule has 0 unspecified atom stereocenters. The first-order chi connectivity index (χ1) is 11.7. The minimum atomic E-state index is -0.233. The molecule has 1 N–H and O–H groups in total. The predicted molar refractivity (Wildman–Crippen MR) is 89.3 cm³/mol. The summed E-state index contributed by atoms with van der Waals surface area (Å²) in [4.78, 5) is 16.1. The van der Waals surface area contributed by atoms with Crippen molar-refractivity contribution in [3.8, 4) is 5.69 Å². The summed E-state index contributed by atoms with van der Waals surface area (Å²) < 4.78 is 1.50. The van der Waals surface area contributed by atoms with Crippen LogP contribution >= 0.6 is 11.6 Å². The second-order valence-electron chi connectivity index (χ2n) is 4.83. The van der Waals surface area contributed by atoms with Gasteiger partial charge in [0.15, 0.2) is 0 Å². The highest BCUT2D eigenvalue weighted by molar-refractivity contribution is 6.30. The lowest BCUT2D eigenvalue weighted by Crippen LogP contribution is -2.20. The standard InChI is InChI=1S/C16H13ClN6O/c17-13-5-6-15(23-11-20-21-22-23)12(9-13)4-7-16(24)19-10-14-3-1-2-8-18-14/h1-9,11H,10H2,(H,19,24)/b7-4+. The van der Waals surface area contributed by atoms with Gasteiger partial charge in [-0.1, -0.05) is 17.7 Å². The van der Waals surface area contributed by atoms with Crippen molar-refractivity contribution in [3.63, 3.8) is 0 Å². The summed E-state index contributed by atoms with van der Waals surface area (Å²) in [6.45, 7) is 0.361. The first-order valence-corrected chi connectivity index (χ1v) is 7.49. The van der Waals surface area contributed by atoms with Gasteiger partial charge in [-0.05, 0) is 46.8 Å². The third-order valence-electron chi connectivity index (χ3n) is 3.17. The Balaban J connectivity index is 1.72. The maximum Gasteiger partial charge on any atom is 0.244 e. The van der Waals surface area contributed by atoms with E-state index in [0.717, 1.165) is 16.9 Å². The molecule has 2 aromatic heterocycles. The largest absolute Gasteiger partial charge is 0.347 e. The van der Waals surface area contributed by atoms with Gasteiger partial charge in [0.05, 0.1) is 17.9 Å². The van der Waals surface area contributed by atoms with Gasteiger partial charge in [0, 0.05) is 22.9 Å². The SMILES string of the molecule is O=C(/C=C/c1cc(Cl)ccc1-n1cnnn1)NCc1ccccn1. The van der Waals surface area contributed by atoms with E-state index < -0.39 is 0 Å². The molecular formula is C16H13ClN6O. The summed E-state index contributed by atoms with van der Waals surface area (Å²) in [5.41, 5.74) is 2.23. The number of amides is 1. The molecule has 0 atom stereocenters. The van der Waals surface area contributed by atoms with Crippen LogP contribution in [0.4, 0.5) is 0 Å². The average Bonchev–Trinajstić information content (AvgIpc) is 3.13. The van der Waals surface area contributed by atoms with Crippen LogP contribution in [0.25, 0.3) is 11.8 Å². The highest BCUT2D eigenvalue weighted by Crippen LogP contribution is 2.20. The van der Waals surface area contributed by atoms with Gasteiger partial charge < -0.3 is 5.32 Å². The first-order valence-electron chi connectivity index (χ1n) is 7.11. The summed E-state index contributed by atoms with van der Waals surface area (Å²) in [6.07, 6.45) is 6.25. The number of hydrogen-bond acceptors (Lipinski definition) is 5. The fourth-order valence-corrected chi connectivity index (χ4v) is 2.22. The van der Waals surface area contributed by atoms with E-state index in [9.17, 15) is 4.79 Å². The van der Waals surface area contributed by atoms with Crippen molar-refractivity contribution in [1.29, 1.82) is 0 Å². The Morgan fingerprint density at radius 1 is 1.29 bits per heavy atom. The van der Waals surface area contributed by atoms with Crippen molar-refractivity contribution in [2.75, 3.05) is 0 Å². The molecule has 0 fully saturated rings. The number of nitrogens with one attached hydrogen (secondary N) is 1. The molecule has 2 heterocycles. The first kappa shape index (κ1) is 15.8. The van der Waals surface area contributed by atoms with E-state index in [4.69, 9.17) is 11.6 Å². The Morgan fingerprint density at radius 3 is 2.96 bits per heavy atom. The van der Waals surface area contributed by atoms with Gasteiger partial charge in [0.2, 0.25) is 5.91 Å². The molecule has 0 aliphatic rings.